The summed E-state index contributed by atoms with van der Waals surface area (Å²) in [6, 6.07) is 20.3. The average Bonchev–Trinajstić information content (AvgIpc) is 3.31. The molecule has 1 atom stereocenters. The summed E-state index contributed by atoms with van der Waals surface area (Å²) in [6.07, 6.45) is 0.322. The number of halogens is 1. The van der Waals surface area contributed by atoms with Crippen molar-refractivity contribution < 1.29 is 18.8 Å². The van der Waals surface area contributed by atoms with Crippen molar-refractivity contribution in [1.29, 1.82) is 0 Å². The fraction of sp³-hybridized carbons (Fsp3) is 0.258. The van der Waals surface area contributed by atoms with Crippen LogP contribution < -0.4 is 10.6 Å². The number of amides is 3. The molecule has 2 heterocycles. The lowest BCUT2D eigenvalue weighted by Crippen LogP contribution is -2.41. The van der Waals surface area contributed by atoms with Crippen LogP contribution in [0.15, 0.2) is 82.8 Å². The Hall–Kier alpha value is -4.31. The lowest BCUT2D eigenvalue weighted by atomic mass is 10.0. The molecule has 0 fully saturated rings. The van der Waals surface area contributed by atoms with Crippen molar-refractivity contribution >= 4 is 51.9 Å². The number of fused-ring (bicyclic) bond motifs is 3. The highest BCUT2D eigenvalue weighted by Crippen LogP contribution is 2.34. The van der Waals surface area contributed by atoms with Gasteiger partial charge in [-0.25, -0.2) is 14.3 Å². The van der Waals surface area contributed by atoms with Gasteiger partial charge in [-0.2, -0.15) is 0 Å². The Morgan fingerprint density at radius 3 is 2.46 bits per heavy atom. The van der Waals surface area contributed by atoms with Crippen LogP contribution >= 0.6 is 11.8 Å². The van der Waals surface area contributed by atoms with E-state index in [0.717, 1.165) is 11.1 Å². The molecule has 0 aromatic heterocycles. The third-order valence-corrected chi connectivity index (χ3v) is 7.73. The molecular weight excluding hydrogens is 541 g/mol. The van der Waals surface area contributed by atoms with Crippen LogP contribution in [0.4, 0.5) is 15.8 Å². The van der Waals surface area contributed by atoms with E-state index in [9.17, 15) is 18.8 Å². The highest BCUT2D eigenvalue weighted by Gasteiger charge is 2.41. The Morgan fingerprint density at radius 2 is 1.73 bits per heavy atom. The number of aliphatic imine (C=N–C) groups is 2. The van der Waals surface area contributed by atoms with Gasteiger partial charge in [-0.05, 0) is 59.9 Å². The fourth-order valence-corrected chi connectivity index (χ4v) is 5.33. The standard InChI is InChI=1S/C31H30FN5O3S/c1-19(2)21-9-13-23(14-10-21)34-28(39)18-41-31-36-25-6-4-3-5-24(25)29-35-26(30(40)37(29)31)15-16-27(38)33-17-20-7-11-22(32)12-8-20/h3-14,19,26H,15-18H2,1-2H3,(H,33,38)(H,34,39)/t26-/m1/s1. The molecule has 0 spiro atoms. The third-order valence-electron chi connectivity index (χ3n) is 6.79. The average molecular weight is 572 g/mol. The van der Waals surface area contributed by atoms with Crippen LogP contribution in [-0.2, 0) is 20.9 Å². The predicted octanol–water partition coefficient (Wildman–Crippen LogP) is 5.38. The van der Waals surface area contributed by atoms with E-state index in [-0.39, 0.29) is 48.7 Å². The number of benzene rings is 3. The number of rotatable bonds is 9. The Kier molecular flexibility index (Phi) is 8.58. The zero-order valence-corrected chi connectivity index (χ0v) is 23.6. The van der Waals surface area contributed by atoms with Gasteiger partial charge in [0.05, 0.1) is 11.4 Å². The van der Waals surface area contributed by atoms with Crippen LogP contribution in [-0.4, -0.2) is 45.4 Å². The monoisotopic (exact) mass is 571 g/mol. The van der Waals surface area contributed by atoms with Crippen molar-refractivity contribution in [2.45, 2.75) is 45.2 Å². The molecule has 210 valence electrons. The molecule has 0 saturated carbocycles. The van der Waals surface area contributed by atoms with Crippen LogP contribution in [0.5, 0.6) is 0 Å². The van der Waals surface area contributed by atoms with Crippen LogP contribution in [0.1, 0.15) is 49.3 Å². The molecule has 3 aromatic carbocycles. The Morgan fingerprint density at radius 1 is 1.00 bits per heavy atom. The van der Waals surface area contributed by atoms with Crippen molar-refractivity contribution in [2.75, 3.05) is 11.1 Å². The number of nitrogens with zero attached hydrogens (tertiary/aromatic N) is 3. The van der Waals surface area contributed by atoms with E-state index in [1.807, 2.05) is 48.5 Å². The minimum atomic E-state index is -0.744. The van der Waals surface area contributed by atoms with E-state index in [0.29, 0.717) is 28.3 Å². The number of carbonyl (C=O) groups excluding carboxylic acids is 3. The summed E-state index contributed by atoms with van der Waals surface area (Å²) >= 11 is 1.17. The van der Waals surface area contributed by atoms with Gasteiger partial charge in [-0.15, -0.1) is 0 Å². The highest BCUT2D eigenvalue weighted by atomic mass is 32.2. The lowest BCUT2D eigenvalue weighted by Gasteiger charge is -2.25. The largest absolute Gasteiger partial charge is 0.352 e. The second kappa shape index (κ2) is 12.5. The maximum Gasteiger partial charge on any atom is 0.259 e. The summed E-state index contributed by atoms with van der Waals surface area (Å²) in [5, 5.41) is 6.07. The van der Waals surface area contributed by atoms with Gasteiger partial charge in [0, 0.05) is 24.2 Å². The summed E-state index contributed by atoms with van der Waals surface area (Å²) in [5.74, 6) is -0.130. The van der Waals surface area contributed by atoms with E-state index < -0.39 is 6.04 Å². The van der Waals surface area contributed by atoms with Gasteiger partial charge < -0.3 is 10.6 Å². The van der Waals surface area contributed by atoms with Crippen molar-refractivity contribution in [2.24, 2.45) is 9.98 Å². The number of carbonyl (C=O) groups is 3. The molecule has 5 rings (SSSR count). The summed E-state index contributed by atoms with van der Waals surface area (Å²) < 4.78 is 13.1. The molecule has 0 aliphatic carbocycles. The molecule has 41 heavy (non-hydrogen) atoms. The Bertz CT molecular complexity index is 1520. The van der Waals surface area contributed by atoms with Crippen molar-refractivity contribution in [3.8, 4) is 0 Å². The van der Waals surface area contributed by atoms with E-state index in [1.165, 1.54) is 34.4 Å². The van der Waals surface area contributed by atoms with Crippen LogP contribution in [0.3, 0.4) is 0 Å². The minimum Gasteiger partial charge on any atom is -0.352 e. The molecule has 10 heteroatoms. The molecule has 0 radical (unpaired) electrons. The van der Waals surface area contributed by atoms with Crippen LogP contribution in [0, 0.1) is 5.82 Å². The first-order valence-corrected chi connectivity index (χ1v) is 14.4. The van der Waals surface area contributed by atoms with Gasteiger partial charge in [0.1, 0.15) is 17.7 Å². The molecule has 3 aromatic rings. The minimum absolute atomic E-state index is 0.0560. The topological polar surface area (TPSA) is 103 Å². The molecule has 2 aliphatic rings. The number of nitrogens with one attached hydrogen (secondary N) is 2. The van der Waals surface area contributed by atoms with Crippen LogP contribution in [0.25, 0.3) is 0 Å². The third kappa shape index (κ3) is 6.71. The zero-order chi connectivity index (χ0) is 28.9. The molecule has 2 N–H and O–H groups in total. The second-order valence-electron chi connectivity index (χ2n) is 10.1. The molecule has 0 bridgehead atoms. The van der Waals surface area contributed by atoms with Gasteiger partial charge in [-0.1, -0.05) is 62.0 Å². The number of thioether (sulfide) groups is 1. The molecule has 0 saturated heterocycles. The van der Waals surface area contributed by atoms with Gasteiger partial charge >= 0.3 is 0 Å². The zero-order valence-electron chi connectivity index (χ0n) is 22.8. The normalized spacial score (nSPS) is 15.7. The highest BCUT2D eigenvalue weighted by molar-refractivity contribution is 8.14. The number of hydrogen-bond donors (Lipinski definition) is 2. The maximum atomic E-state index is 13.5. The number of anilines is 1. The Labute approximate surface area is 242 Å². The van der Waals surface area contributed by atoms with Gasteiger partial charge in [-0.3, -0.25) is 19.4 Å². The van der Waals surface area contributed by atoms with Crippen molar-refractivity contribution in [1.82, 2.24) is 10.2 Å². The van der Waals surface area contributed by atoms with Crippen molar-refractivity contribution in [3.63, 3.8) is 0 Å². The molecule has 3 amide bonds. The summed E-state index contributed by atoms with van der Waals surface area (Å²) in [4.78, 5) is 49.5. The quantitative estimate of drug-likeness (QED) is 0.360. The molecule has 2 aliphatic heterocycles. The smallest absolute Gasteiger partial charge is 0.259 e. The summed E-state index contributed by atoms with van der Waals surface area (Å²) in [6.45, 7) is 4.49. The number of hydrogen-bond acceptors (Lipinski definition) is 6. The van der Waals surface area contributed by atoms with E-state index in [4.69, 9.17) is 0 Å². The Balaban J connectivity index is 1.22. The number of amidine groups is 2. The van der Waals surface area contributed by atoms with E-state index in [2.05, 4.69) is 34.5 Å². The maximum absolute atomic E-state index is 13.5. The van der Waals surface area contributed by atoms with Gasteiger partial charge in [0.15, 0.2) is 5.17 Å². The summed E-state index contributed by atoms with van der Waals surface area (Å²) in [5.41, 5.74) is 4.06. The lowest BCUT2D eigenvalue weighted by molar-refractivity contribution is -0.125. The number of para-hydroxylation sites is 1. The summed E-state index contributed by atoms with van der Waals surface area (Å²) in [7, 11) is 0. The molecular formula is C31H30FN5O3S. The first-order valence-electron chi connectivity index (χ1n) is 13.4. The van der Waals surface area contributed by atoms with Crippen LogP contribution in [0.2, 0.25) is 0 Å². The van der Waals surface area contributed by atoms with E-state index in [1.54, 1.807) is 12.1 Å². The van der Waals surface area contributed by atoms with E-state index >= 15 is 0 Å². The fourth-order valence-electron chi connectivity index (χ4n) is 4.52. The van der Waals surface area contributed by atoms with Gasteiger partial charge in [0.2, 0.25) is 11.8 Å². The predicted molar refractivity (Wildman–Crippen MR) is 160 cm³/mol. The first kappa shape index (κ1) is 28.2. The molecule has 0 unspecified atom stereocenters. The SMILES string of the molecule is CC(C)c1ccc(NC(=O)CSC2=Nc3ccccc3C3=N[C@H](CCC(=O)NCc4ccc(F)cc4)C(=O)N23)cc1. The van der Waals surface area contributed by atoms with Crippen molar-refractivity contribution in [3.05, 3.63) is 95.3 Å². The second-order valence-corrected chi connectivity index (χ2v) is 11.1. The molecule has 8 nitrogen and oxygen atoms in total. The first-order chi connectivity index (χ1) is 19.8. The van der Waals surface area contributed by atoms with Gasteiger partial charge in [0.25, 0.3) is 5.91 Å².